The predicted octanol–water partition coefficient (Wildman–Crippen LogP) is 3.81. The molecular formula is C17H18ClNO3S. The molecule has 4 nitrogen and oxygen atoms in total. The molecule has 0 heterocycles. The van der Waals surface area contributed by atoms with Crippen LogP contribution in [0.1, 0.15) is 30.1 Å². The van der Waals surface area contributed by atoms with Crippen LogP contribution in [0, 0.1) is 0 Å². The zero-order valence-corrected chi connectivity index (χ0v) is 14.3. The molecule has 0 fully saturated rings. The normalized spacial score (nSPS) is 11.4. The number of hydrogen-bond acceptors (Lipinski definition) is 3. The Bertz CT molecular complexity index is 786. The standard InChI is InChI=1S/C17H18ClNO3S/c1-2-3-12-19-23(21,22)16-7-5-4-6-15(16)13-8-10-14(11-9-13)17(18)20/h4-11,19H,2-3,12H2,1H3. The van der Waals surface area contributed by atoms with E-state index in [9.17, 15) is 13.2 Å². The molecule has 0 atom stereocenters. The lowest BCUT2D eigenvalue weighted by Gasteiger charge is -2.11. The molecule has 122 valence electrons. The lowest BCUT2D eigenvalue weighted by Crippen LogP contribution is -2.25. The first-order valence-electron chi connectivity index (χ1n) is 7.34. The van der Waals surface area contributed by atoms with E-state index in [1.54, 1.807) is 48.5 Å². The third kappa shape index (κ3) is 4.41. The maximum Gasteiger partial charge on any atom is 0.252 e. The van der Waals surface area contributed by atoms with Crippen LogP contribution in [0.2, 0.25) is 0 Å². The molecular weight excluding hydrogens is 334 g/mol. The molecule has 0 aliphatic rings. The topological polar surface area (TPSA) is 63.2 Å². The summed E-state index contributed by atoms with van der Waals surface area (Å²) in [7, 11) is -3.58. The van der Waals surface area contributed by atoms with Crippen LogP contribution in [0.15, 0.2) is 53.4 Å². The molecule has 2 aromatic carbocycles. The molecule has 0 aromatic heterocycles. The molecule has 0 spiro atoms. The summed E-state index contributed by atoms with van der Waals surface area (Å²) in [6.45, 7) is 2.41. The molecule has 0 amide bonds. The van der Waals surface area contributed by atoms with Gasteiger partial charge in [-0.15, -0.1) is 0 Å². The first-order valence-corrected chi connectivity index (χ1v) is 9.21. The van der Waals surface area contributed by atoms with E-state index in [1.165, 1.54) is 0 Å². The molecule has 0 aliphatic carbocycles. The molecule has 6 heteroatoms. The number of benzene rings is 2. The van der Waals surface area contributed by atoms with Crippen LogP contribution in [0.3, 0.4) is 0 Å². The number of carbonyl (C=O) groups is 1. The van der Waals surface area contributed by atoms with E-state index >= 15 is 0 Å². The summed E-state index contributed by atoms with van der Waals surface area (Å²) in [5.41, 5.74) is 1.67. The Morgan fingerprint density at radius 3 is 2.35 bits per heavy atom. The van der Waals surface area contributed by atoms with Crippen molar-refractivity contribution in [2.45, 2.75) is 24.7 Å². The number of sulfonamides is 1. The molecule has 1 N–H and O–H groups in total. The maximum absolute atomic E-state index is 12.5. The highest BCUT2D eigenvalue weighted by molar-refractivity contribution is 7.89. The number of carbonyl (C=O) groups excluding carboxylic acids is 1. The van der Waals surface area contributed by atoms with Gasteiger partial charge in [-0.2, -0.15) is 0 Å². The van der Waals surface area contributed by atoms with Crippen molar-refractivity contribution in [3.05, 3.63) is 54.1 Å². The van der Waals surface area contributed by atoms with Crippen molar-refractivity contribution in [3.63, 3.8) is 0 Å². The van der Waals surface area contributed by atoms with Crippen molar-refractivity contribution in [2.24, 2.45) is 0 Å². The summed E-state index contributed by atoms with van der Waals surface area (Å²) >= 11 is 5.43. The minimum absolute atomic E-state index is 0.223. The third-order valence-electron chi connectivity index (χ3n) is 3.42. The fraction of sp³-hybridized carbons (Fsp3) is 0.235. The molecule has 0 saturated heterocycles. The zero-order valence-electron chi connectivity index (χ0n) is 12.8. The van der Waals surface area contributed by atoms with Crippen molar-refractivity contribution in [1.82, 2.24) is 4.72 Å². The van der Waals surface area contributed by atoms with Gasteiger partial charge < -0.3 is 0 Å². The Kier molecular flexibility index (Phi) is 5.93. The summed E-state index contributed by atoms with van der Waals surface area (Å²) in [6, 6.07) is 13.3. The van der Waals surface area contributed by atoms with E-state index in [-0.39, 0.29) is 4.90 Å². The van der Waals surface area contributed by atoms with E-state index in [0.717, 1.165) is 12.8 Å². The van der Waals surface area contributed by atoms with E-state index < -0.39 is 15.3 Å². The minimum atomic E-state index is -3.58. The van der Waals surface area contributed by atoms with Crippen LogP contribution in [0.25, 0.3) is 11.1 Å². The highest BCUT2D eigenvalue weighted by atomic mass is 35.5. The molecule has 23 heavy (non-hydrogen) atoms. The molecule has 2 aromatic rings. The number of hydrogen-bond donors (Lipinski definition) is 1. The Labute approximate surface area is 141 Å². The van der Waals surface area contributed by atoms with Crippen molar-refractivity contribution in [2.75, 3.05) is 6.54 Å². The van der Waals surface area contributed by atoms with Gasteiger partial charge in [-0.3, -0.25) is 4.79 Å². The Morgan fingerprint density at radius 1 is 1.09 bits per heavy atom. The first-order chi connectivity index (χ1) is 11.0. The summed E-state index contributed by atoms with van der Waals surface area (Å²) < 4.78 is 27.6. The quantitative estimate of drug-likeness (QED) is 0.609. The van der Waals surface area contributed by atoms with Gasteiger partial charge in [0.25, 0.3) is 5.24 Å². The number of rotatable bonds is 7. The van der Waals surface area contributed by atoms with Gasteiger partial charge in [-0.05, 0) is 41.8 Å². The molecule has 0 bridgehead atoms. The van der Waals surface area contributed by atoms with Crippen LogP contribution in [0.4, 0.5) is 0 Å². The predicted molar refractivity (Wildman–Crippen MR) is 92.2 cm³/mol. The molecule has 2 rings (SSSR count). The SMILES string of the molecule is CCCCNS(=O)(=O)c1ccccc1-c1ccc(C(=O)Cl)cc1. The number of unbranched alkanes of at least 4 members (excludes halogenated alkanes) is 1. The van der Waals surface area contributed by atoms with Crippen molar-refractivity contribution in [1.29, 1.82) is 0 Å². The Morgan fingerprint density at radius 2 is 1.74 bits per heavy atom. The monoisotopic (exact) mass is 351 g/mol. The summed E-state index contributed by atoms with van der Waals surface area (Å²) in [6.07, 6.45) is 1.70. The third-order valence-corrected chi connectivity index (χ3v) is 5.16. The van der Waals surface area contributed by atoms with E-state index in [0.29, 0.717) is 23.2 Å². The smallest absolute Gasteiger partial charge is 0.252 e. The van der Waals surface area contributed by atoms with E-state index in [1.807, 2.05) is 6.92 Å². The highest BCUT2D eigenvalue weighted by Crippen LogP contribution is 2.27. The van der Waals surface area contributed by atoms with Gasteiger partial charge in [0.2, 0.25) is 10.0 Å². The van der Waals surface area contributed by atoms with Crippen LogP contribution in [-0.2, 0) is 10.0 Å². The second-order valence-electron chi connectivity index (χ2n) is 5.10. The fourth-order valence-electron chi connectivity index (χ4n) is 2.18. The average Bonchev–Trinajstić information content (AvgIpc) is 2.55. The second kappa shape index (κ2) is 7.73. The van der Waals surface area contributed by atoms with E-state index in [2.05, 4.69) is 4.72 Å². The molecule has 0 aliphatic heterocycles. The fourth-order valence-corrected chi connectivity index (χ4v) is 3.61. The molecule has 0 radical (unpaired) electrons. The summed E-state index contributed by atoms with van der Waals surface area (Å²) in [5, 5.41) is -0.543. The lowest BCUT2D eigenvalue weighted by atomic mass is 10.0. The largest absolute Gasteiger partial charge is 0.276 e. The highest BCUT2D eigenvalue weighted by Gasteiger charge is 2.18. The van der Waals surface area contributed by atoms with Gasteiger partial charge in [0.05, 0.1) is 4.90 Å². The maximum atomic E-state index is 12.5. The zero-order chi connectivity index (χ0) is 16.9. The van der Waals surface area contributed by atoms with Crippen molar-refractivity contribution >= 4 is 26.9 Å². The van der Waals surface area contributed by atoms with E-state index in [4.69, 9.17) is 11.6 Å². The Hall–Kier alpha value is -1.69. The number of nitrogens with one attached hydrogen (secondary N) is 1. The summed E-state index contributed by atoms with van der Waals surface area (Å²) in [4.78, 5) is 11.3. The van der Waals surface area contributed by atoms with Gasteiger partial charge in [-0.25, -0.2) is 13.1 Å². The molecule has 0 unspecified atom stereocenters. The second-order valence-corrected chi connectivity index (χ2v) is 7.18. The summed E-state index contributed by atoms with van der Waals surface area (Å²) in [5.74, 6) is 0. The van der Waals surface area contributed by atoms with Crippen LogP contribution < -0.4 is 4.72 Å². The number of halogens is 1. The van der Waals surface area contributed by atoms with Crippen molar-refractivity contribution in [3.8, 4) is 11.1 Å². The van der Waals surface area contributed by atoms with Gasteiger partial charge >= 0.3 is 0 Å². The Balaban J connectivity index is 2.39. The average molecular weight is 352 g/mol. The van der Waals surface area contributed by atoms with Gasteiger partial charge in [-0.1, -0.05) is 43.7 Å². The first kappa shape index (κ1) is 17.7. The lowest BCUT2D eigenvalue weighted by molar-refractivity contribution is 0.108. The van der Waals surface area contributed by atoms with Gasteiger partial charge in [0, 0.05) is 17.7 Å². The van der Waals surface area contributed by atoms with Crippen LogP contribution >= 0.6 is 11.6 Å². The molecule has 0 saturated carbocycles. The van der Waals surface area contributed by atoms with Crippen molar-refractivity contribution < 1.29 is 13.2 Å². The minimum Gasteiger partial charge on any atom is -0.276 e. The van der Waals surface area contributed by atoms with Crippen LogP contribution in [-0.4, -0.2) is 20.2 Å². The van der Waals surface area contributed by atoms with Gasteiger partial charge in [0.1, 0.15) is 0 Å². The van der Waals surface area contributed by atoms with Crippen LogP contribution in [0.5, 0.6) is 0 Å². The van der Waals surface area contributed by atoms with Gasteiger partial charge in [0.15, 0.2) is 0 Å².